The second kappa shape index (κ2) is 17.4. The Balaban J connectivity index is 1.27. The fourth-order valence-electron chi connectivity index (χ4n) is 8.12. The first-order valence-electron chi connectivity index (χ1n) is 21.3. The minimum Gasteiger partial charge on any atom is -0.373 e. The Morgan fingerprint density at radius 2 is 0.903 bits per heavy atom. The van der Waals surface area contributed by atoms with Gasteiger partial charge < -0.3 is 10.7 Å². The number of unbranched alkanes of at least 4 members (excludes halogenated alkanes) is 6. The van der Waals surface area contributed by atoms with Crippen LogP contribution in [0.25, 0.3) is 21.5 Å². The summed E-state index contributed by atoms with van der Waals surface area (Å²) in [6.45, 7) is 3.96. The summed E-state index contributed by atoms with van der Waals surface area (Å²) < 4.78 is 38.9. The third-order valence-electron chi connectivity index (χ3n) is 11.1. The number of aliphatic imine (C=N–C) groups is 4. The highest BCUT2D eigenvalue weighted by molar-refractivity contribution is 7.49. The van der Waals surface area contributed by atoms with E-state index in [9.17, 15) is 0 Å². The van der Waals surface area contributed by atoms with Crippen LogP contribution in [0, 0.1) is 23.7 Å². The third kappa shape index (κ3) is 7.42. The van der Waals surface area contributed by atoms with Gasteiger partial charge in [-0.05, 0) is 12.8 Å². The molecule has 0 aliphatic carbocycles. The normalized spacial score (nSPS) is 14.3. The highest BCUT2D eigenvalue weighted by Gasteiger charge is 2.48. The molecule has 0 N–H and O–H groups in total. The predicted octanol–water partition coefficient (Wildman–Crippen LogP) is 9.25. The van der Waals surface area contributed by atoms with E-state index in [2.05, 4.69) is 37.5 Å². The molecule has 0 unspecified atom stereocenters. The molecular formula is C48H42AlN8O4P. The van der Waals surface area contributed by atoms with Crippen LogP contribution < -0.4 is 11.0 Å². The standard InChI is InChI=1S/C32H16N8.C16H27O4P.Al/c1-2-10-18-17(9-1)25-33-26(18)38-28-21-13-5-6-14-22(21)30(35-28)40-32-24-16-8-7-15-23(24)31(36-32)39-29-20-12-4-3-11-19(20)27(34-29)37-25;1-3-5-7-9-11-13-15-19-21(17,18)20-16-14-12-10-8-6-4-2;/h1-16H;3-10,15-16H2,1-2H3,(H,17,18);/q-2;;+3/p-1. The summed E-state index contributed by atoms with van der Waals surface area (Å²) in [4.78, 5) is 31.6. The van der Waals surface area contributed by atoms with Crippen molar-refractivity contribution >= 4 is 79.3 Å². The van der Waals surface area contributed by atoms with E-state index in [1.54, 1.807) is 0 Å². The number of hydrogen-bond donors (Lipinski definition) is 0. The largest absolute Gasteiger partial charge is 0.818 e. The number of phosphoric acid groups is 1. The number of phosphoric ester groups is 1. The second-order valence-corrected chi connectivity index (χ2v) is 19.2. The molecule has 2 aromatic heterocycles. The maximum absolute atomic E-state index is 15.5. The fraction of sp³-hybridized carbons (Fsp3) is 0.250. The van der Waals surface area contributed by atoms with Crippen molar-refractivity contribution in [3.05, 3.63) is 130 Å². The van der Waals surface area contributed by atoms with Crippen molar-refractivity contribution in [2.24, 2.45) is 30.0 Å². The van der Waals surface area contributed by atoms with Crippen LogP contribution in [0.15, 0.2) is 127 Å². The van der Waals surface area contributed by atoms with Gasteiger partial charge in [-0.1, -0.05) is 148 Å². The molecule has 14 heteroatoms. The van der Waals surface area contributed by atoms with Crippen LogP contribution in [-0.4, -0.2) is 58.6 Å². The van der Waals surface area contributed by atoms with Crippen molar-refractivity contribution in [1.29, 1.82) is 0 Å². The van der Waals surface area contributed by atoms with Crippen LogP contribution in [-0.2, 0) is 17.2 Å². The minimum absolute atomic E-state index is 0.174. The molecule has 62 heavy (non-hydrogen) atoms. The molecule has 0 amide bonds. The van der Waals surface area contributed by atoms with E-state index in [4.69, 9.17) is 42.6 Å². The van der Waals surface area contributed by atoms with Gasteiger partial charge in [0.2, 0.25) is 0 Å². The predicted molar refractivity (Wildman–Crippen MR) is 246 cm³/mol. The van der Waals surface area contributed by atoms with Gasteiger partial charge in [-0.15, -0.1) is 11.8 Å². The quantitative estimate of drug-likeness (QED) is 0.0526. The summed E-state index contributed by atoms with van der Waals surface area (Å²) in [5.41, 5.74) is 4.35. The fourth-order valence-corrected chi connectivity index (χ4v) is 12.7. The average Bonchev–Trinajstić information content (AvgIpc) is 4.01. The van der Waals surface area contributed by atoms with Crippen LogP contribution in [0.1, 0.15) is 87.5 Å². The molecule has 6 heterocycles. The highest BCUT2D eigenvalue weighted by Crippen LogP contribution is 2.51. The van der Waals surface area contributed by atoms with Gasteiger partial charge in [0.25, 0.3) is 0 Å². The van der Waals surface area contributed by atoms with Crippen LogP contribution >= 0.6 is 7.82 Å². The number of aromatic nitrogens is 2. The molecular weight excluding hydrogens is 811 g/mol. The maximum atomic E-state index is 15.5. The molecule has 0 radical (unpaired) electrons. The van der Waals surface area contributed by atoms with Crippen molar-refractivity contribution < 1.29 is 17.2 Å². The van der Waals surface area contributed by atoms with Crippen molar-refractivity contribution in [1.82, 2.24) is 7.10 Å². The number of hydrogen-bond acceptors (Lipinski definition) is 10. The number of benzene rings is 4. The van der Waals surface area contributed by atoms with Gasteiger partial charge in [-0.25, -0.2) is 34.5 Å². The van der Waals surface area contributed by atoms with Gasteiger partial charge in [0.15, 0.2) is 23.3 Å². The lowest BCUT2D eigenvalue weighted by atomic mass is 10.1. The Bertz CT molecular complexity index is 3030. The van der Waals surface area contributed by atoms with Crippen molar-refractivity contribution in [3.8, 4) is 23.7 Å². The first-order valence-corrected chi connectivity index (χ1v) is 24.2. The smallest absolute Gasteiger partial charge is 0.373 e. The van der Waals surface area contributed by atoms with Gasteiger partial charge in [0.05, 0.1) is 0 Å². The zero-order valence-electron chi connectivity index (χ0n) is 34.5. The van der Waals surface area contributed by atoms with Gasteiger partial charge in [-0.3, -0.25) is 9.05 Å². The van der Waals surface area contributed by atoms with Crippen molar-refractivity contribution in [2.75, 3.05) is 13.2 Å². The van der Waals surface area contributed by atoms with E-state index >= 15 is 4.57 Å². The SMILES string of the molecule is CCCCCC#CCOP(=O)(OCC#CCCCCC)[O][Al]1[n]2c3c4ccccc4c2N=C2N=C(N=c4c5ccccc5c([n]41)=NC1=NC(=N3)c3ccccc31)c1ccccc12. The Hall–Kier alpha value is -6.00. The van der Waals surface area contributed by atoms with Crippen LogP contribution in [0.2, 0.25) is 0 Å². The molecule has 0 spiro atoms. The zero-order chi connectivity index (χ0) is 42.0. The van der Waals surface area contributed by atoms with Crippen LogP contribution in [0.4, 0.5) is 11.6 Å². The van der Waals surface area contributed by atoms with E-state index in [1.165, 1.54) is 0 Å². The molecule has 6 bridgehead atoms. The minimum atomic E-state index is -4.49. The second-order valence-electron chi connectivity index (χ2n) is 15.2. The first kappa shape index (κ1) is 40.1. The summed E-state index contributed by atoms with van der Waals surface area (Å²) in [6.07, 6.45) is 7.69. The zero-order valence-corrected chi connectivity index (χ0v) is 36.6. The van der Waals surface area contributed by atoms with E-state index in [-0.39, 0.29) is 13.2 Å². The number of nitrogens with zero attached hydrogens (tertiary/aromatic N) is 8. The van der Waals surface area contributed by atoms with E-state index in [0.717, 1.165) is 82.3 Å². The monoisotopic (exact) mass is 852 g/mol. The number of rotatable bonds is 12. The van der Waals surface area contributed by atoms with Gasteiger partial charge in [0.1, 0.15) is 35.8 Å². The first-order chi connectivity index (χ1) is 30.5. The summed E-state index contributed by atoms with van der Waals surface area (Å²) >= 11 is -3.60. The maximum Gasteiger partial charge on any atom is 0.818 e. The topological polar surface area (TPSA) is 129 Å². The molecule has 306 valence electrons. The molecule has 4 aliphatic rings. The lowest BCUT2D eigenvalue weighted by molar-refractivity contribution is 0.182. The summed E-state index contributed by atoms with van der Waals surface area (Å²) in [5.74, 6) is 15.4. The van der Waals surface area contributed by atoms with E-state index < -0.39 is 22.7 Å². The summed E-state index contributed by atoms with van der Waals surface area (Å²) in [5, 5.41) is 3.16. The van der Waals surface area contributed by atoms with E-state index in [0.29, 0.717) is 58.8 Å². The molecule has 0 saturated heterocycles. The number of amidine groups is 4. The third-order valence-corrected chi connectivity index (χ3v) is 15.7. The molecule has 6 aromatic rings. The molecule has 10 rings (SSSR count). The lowest BCUT2D eigenvalue weighted by Crippen LogP contribution is -2.48. The molecule has 0 fully saturated rings. The van der Waals surface area contributed by atoms with Crippen molar-refractivity contribution in [2.45, 2.75) is 65.2 Å². The lowest BCUT2D eigenvalue weighted by Gasteiger charge is -2.23. The van der Waals surface area contributed by atoms with Crippen LogP contribution in [0.3, 0.4) is 0 Å². The summed E-state index contributed by atoms with van der Waals surface area (Å²) in [7, 11) is -4.49. The highest BCUT2D eigenvalue weighted by atomic mass is 31.2. The van der Waals surface area contributed by atoms with Crippen LogP contribution in [0.5, 0.6) is 0 Å². The molecule has 4 aromatic carbocycles. The van der Waals surface area contributed by atoms with Gasteiger partial charge in [0, 0.05) is 56.6 Å². The molecule has 0 saturated carbocycles. The Kier molecular flexibility index (Phi) is 11.3. The van der Waals surface area contributed by atoms with E-state index in [1.807, 2.05) is 104 Å². The molecule has 4 aliphatic heterocycles. The van der Waals surface area contributed by atoms with Crippen molar-refractivity contribution in [3.63, 3.8) is 0 Å². The number of fused-ring (bicyclic) bond motifs is 14. The Morgan fingerprint density at radius 1 is 0.500 bits per heavy atom. The van der Waals surface area contributed by atoms with Gasteiger partial charge >= 0.3 is 22.7 Å². The summed E-state index contributed by atoms with van der Waals surface area (Å²) in [6, 6.07) is 31.8. The Morgan fingerprint density at radius 3 is 1.34 bits per heavy atom. The van der Waals surface area contributed by atoms with Gasteiger partial charge in [-0.2, -0.15) is 0 Å². The molecule has 0 atom stereocenters. The Labute approximate surface area is 364 Å². The average molecular weight is 853 g/mol. The molecule has 12 nitrogen and oxygen atoms in total.